The molecule has 0 saturated carbocycles. The Morgan fingerprint density at radius 1 is 1.14 bits per heavy atom. The van der Waals surface area contributed by atoms with Gasteiger partial charge in [0.15, 0.2) is 0 Å². The molecule has 2 unspecified atom stereocenters. The maximum absolute atomic E-state index is 5.50. The second kappa shape index (κ2) is 4.58. The van der Waals surface area contributed by atoms with Crippen LogP contribution in [0.1, 0.15) is 12.0 Å². The van der Waals surface area contributed by atoms with E-state index in [9.17, 15) is 0 Å². The molecule has 0 aromatic heterocycles. The van der Waals surface area contributed by atoms with Crippen LogP contribution in [0.25, 0.3) is 0 Å². The zero-order chi connectivity index (χ0) is 9.80. The Morgan fingerprint density at radius 2 is 1.86 bits per heavy atom. The van der Waals surface area contributed by atoms with Crippen molar-refractivity contribution in [1.82, 2.24) is 0 Å². The number of rotatable bonds is 3. The van der Waals surface area contributed by atoms with Crippen LogP contribution >= 0.6 is 0 Å². The van der Waals surface area contributed by atoms with Crippen molar-refractivity contribution in [2.24, 2.45) is 0 Å². The van der Waals surface area contributed by atoms with Gasteiger partial charge in [0.25, 0.3) is 0 Å². The van der Waals surface area contributed by atoms with E-state index >= 15 is 0 Å². The molecule has 1 heterocycles. The summed E-state index contributed by atoms with van der Waals surface area (Å²) < 4.78 is 10.9. The van der Waals surface area contributed by atoms with Gasteiger partial charge in [-0.05, 0) is 12.0 Å². The van der Waals surface area contributed by atoms with Gasteiger partial charge < -0.3 is 9.47 Å². The Labute approximate surface area is 84.8 Å². The Hall–Kier alpha value is -0.860. The van der Waals surface area contributed by atoms with E-state index in [0.29, 0.717) is 6.79 Å². The highest BCUT2D eigenvalue weighted by atomic mass is 16.7. The molecule has 0 spiro atoms. The second-order valence-corrected chi connectivity index (χ2v) is 3.51. The zero-order valence-corrected chi connectivity index (χ0v) is 8.19. The molecule has 1 fully saturated rings. The molecule has 1 aliphatic rings. The van der Waals surface area contributed by atoms with Gasteiger partial charge in [-0.2, -0.15) is 0 Å². The molecule has 2 nitrogen and oxygen atoms in total. The summed E-state index contributed by atoms with van der Waals surface area (Å²) in [5.74, 6) is 0. The van der Waals surface area contributed by atoms with Crippen molar-refractivity contribution < 1.29 is 9.47 Å². The molecule has 0 N–H and O–H groups in total. The first-order valence-corrected chi connectivity index (χ1v) is 4.96. The molecule has 1 radical (unpaired) electrons. The largest absolute Gasteiger partial charge is 0.349 e. The predicted octanol–water partition coefficient (Wildman–Crippen LogP) is 2.19. The molecule has 2 heteroatoms. The molecular formula is C12H15O2. The van der Waals surface area contributed by atoms with E-state index in [1.54, 1.807) is 0 Å². The lowest BCUT2D eigenvalue weighted by atomic mass is 10.0. The minimum Gasteiger partial charge on any atom is -0.349 e. The maximum atomic E-state index is 5.50. The minimum absolute atomic E-state index is 0.162. The molecule has 0 amide bonds. The summed E-state index contributed by atoms with van der Waals surface area (Å²) >= 11 is 0. The van der Waals surface area contributed by atoms with E-state index in [1.807, 2.05) is 18.2 Å². The molecule has 2 atom stereocenters. The molecule has 0 aliphatic carbocycles. The molecule has 1 aliphatic heterocycles. The van der Waals surface area contributed by atoms with Crippen molar-refractivity contribution in [2.75, 3.05) is 6.79 Å². The van der Waals surface area contributed by atoms with Crippen molar-refractivity contribution in [3.63, 3.8) is 0 Å². The smallest absolute Gasteiger partial charge is 0.147 e. The SMILES string of the molecule is [CH2]CC1OCOC1Cc1ccccc1. The standard InChI is InChI=1S/C12H15O2/c1-2-11-12(14-9-13-11)8-10-6-4-3-5-7-10/h3-7,11-12H,1-2,8-9H2. The molecule has 1 aromatic carbocycles. The van der Waals surface area contributed by atoms with Gasteiger partial charge in [-0.3, -0.25) is 0 Å². The average Bonchev–Trinajstić information content (AvgIpc) is 2.67. The summed E-state index contributed by atoms with van der Waals surface area (Å²) in [6, 6.07) is 10.3. The van der Waals surface area contributed by atoms with Crippen LogP contribution in [0.4, 0.5) is 0 Å². The highest BCUT2D eigenvalue weighted by Gasteiger charge is 2.27. The van der Waals surface area contributed by atoms with Gasteiger partial charge in [0, 0.05) is 6.42 Å². The van der Waals surface area contributed by atoms with Gasteiger partial charge in [0.05, 0.1) is 12.2 Å². The highest BCUT2D eigenvalue weighted by molar-refractivity contribution is 5.16. The Kier molecular flexibility index (Phi) is 3.17. The molecule has 75 valence electrons. The van der Waals surface area contributed by atoms with E-state index in [4.69, 9.17) is 9.47 Å². The topological polar surface area (TPSA) is 18.5 Å². The van der Waals surface area contributed by atoms with Crippen LogP contribution in [0.2, 0.25) is 0 Å². The molecule has 1 saturated heterocycles. The molecule has 2 rings (SSSR count). The summed E-state index contributed by atoms with van der Waals surface area (Å²) in [6.45, 7) is 4.27. The first-order valence-electron chi connectivity index (χ1n) is 4.96. The third-order valence-corrected chi connectivity index (χ3v) is 2.54. The monoisotopic (exact) mass is 191 g/mol. The van der Waals surface area contributed by atoms with Gasteiger partial charge in [0.2, 0.25) is 0 Å². The molecular weight excluding hydrogens is 176 g/mol. The predicted molar refractivity (Wildman–Crippen MR) is 54.7 cm³/mol. The average molecular weight is 191 g/mol. The third kappa shape index (κ3) is 2.14. The summed E-state index contributed by atoms with van der Waals surface area (Å²) in [5, 5.41) is 0. The number of benzene rings is 1. The lowest BCUT2D eigenvalue weighted by Crippen LogP contribution is -2.24. The van der Waals surface area contributed by atoms with E-state index in [-0.39, 0.29) is 12.2 Å². The molecule has 1 aromatic rings. The van der Waals surface area contributed by atoms with Crippen molar-refractivity contribution in [1.29, 1.82) is 0 Å². The van der Waals surface area contributed by atoms with E-state index in [1.165, 1.54) is 5.56 Å². The number of ether oxygens (including phenoxy) is 2. The lowest BCUT2D eigenvalue weighted by molar-refractivity contribution is 0.0390. The fraction of sp³-hybridized carbons (Fsp3) is 0.417. The van der Waals surface area contributed by atoms with E-state index in [2.05, 4.69) is 19.1 Å². The van der Waals surface area contributed by atoms with Gasteiger partial charge in [-0.25, -0.2) is 0 Å². The Morgan fingerprint density at radius 3 is 2.57 bits per heavy atom. The van der Waals surface area contributed by atoms with E-state index < -0.39 is 0 Å². The summed E-state index contributed by atoms with van der Waals surface area (Å²) in [6.07, 6.45) is 2.03. The second-order valence-electron chi connectivity index (χ2n) is 3.51. The van der Waals surface area contributed by atoms with Crippen LogP contribution in [-0.2, 0) is 15.9 Å². The van der Waals surface area contributed by atoms with Crippen LogP contribution in [0, 0.1) is 6.92 Å². The van der Waals surface area contributed by atoms with Crippen molar-refractivity contribution in [3.05, 3.63) is 42.8 Å². The van der Waals surface area contributed by atoms with Gasteiger partial charge >= 0.3 is 0 Å². The fourth-order valence-electron chi connectivity index (χ4n) is 1.73. The third-order valence-electron chi connectivity index (χ3n) is 2.54. The minimum atomic E-state index is 0.162. The quantitative estimate of drug-likeness (QED) is 0.729. The molecule has 14 heavy (non-hydrogen) atoms. The summed E-state index contributed by atoms with van der Waals surface area (Å²) in [4.78, 5) is 0. The molecule has 0 bridgehead atoms. The van der Waals surface area contributed by atoms with Crippen molar-refractivity contribution in [2.45, 2.75) is 25.0 Å². The zero-order valence-electron chi connectivity index (χ0n) is 8.19. The van der Waals surface area contributed by atoms with Gasteiger partial charge in [-0.1, -0.05) is 37.3 Å². The van der Waals surface area contributed by atoms with Crippen LogP contribution in [0.15, 0.2) is 30.3 Å². The first-order chi connectivity index (χ1) is 6.90. The number of hydrogen-bond acceptors (Lipinski definition) is 2. The van der Waals surface area contributed by atoms with Crippen LogP contribution < -0.4 is 0 Å². The fourth-order valence-corrected chi connectivity index (χ4v) is 1.73. The summed E-state index contributed by atoms with van der Waals surface area (Å²) in [7, 11) is 0. The lowest BCUT2D eigenvalue weighted by Gasteiger charge is -2.14. The van der Waals surface area contributed by atoms with Crippen LogP contribution in [-0.4, -0.2) is 19.0 Å². The normalized spacial score (nSPS) is 26.6. The highest BCUT2D eigenvalue weighted by Crippen LogP contribution is 2.19. The summed E-state index contributed by atoms with van der Waals surface area (Å²) in [5.41, 5.74) is 1.29. The number of hydrogen-bond donors (Lipinski definition) is 0. The van der Waals surface area contributed by atoms with Gasteiger partial charge in [-0.15, -0.1) is 0 Å². The Bertz CT molecular complexity index is 271. The maximum Gasteiger partial charge on any atom is 0.147 e. The van der Waals surface area contributed by atoms with Crippen molar-refractivity contribution in [3.8, 4) is 0 Å². The van der Waals surface area contributed by atoms with E-state index in [0.717, 1.165) is 12.8 Å². The van der Waals surface area contributed by atoms with Gasteiger partial charge in [0.1, 0.15) is 6.79 Å². The van der Waals surface area contributed by atoms with Crippen molar-refractivity contribution >= 4 is 0 Å². The van der Waals surface area contributed by atoms with Crippen LogP contribution in [0.5, 0.6) is 0 Å². The first kappa shape index (κ1) is 9.69. The van der Waals surface area contributed by atoms with Crippen LogP contribution in [0.3, 0.4) is 0 Å². The Balaban J connectivity index is 1.97.